The smallest absolute Gasteiger partial charge is 0.352 e. The zero-order valence-electron chi connectivity index (χ0n) is 18.9. The van der Waals surface area contributed by atoms with Crippen LogP contribution < -0.4 is 16.0 Å². The molecule has 2 fully saturated rings. The summed E-state index contributed by atoms with van der Waals surface area (Å²) in [4.78, 5) is 61.4. The van der Waals surface area contributed by atoms with Crippen LogP contribution in [0.1, 0.15) is 12.1 Å². The number of amides is 3. The third kappa shape index (κ3) is 4.31. The lowest BCUT2D eigenvalue weighted by Crippen LogP contribution is -2.71. The fourth-order valence-corrected chi connectivity index (χ4v) is 6.12. The Hall–Kier alpha value is -4.24. The van der Waals surface area contributed by atoms with Gasteiger partial charge in [-0.25, -0.2) is 14.8 Å². The molecule has 37 heavy (non-hydrogen) atoms. The number of β-lactam (4-membered cyclic amide) rings is 1. The summed E-state index contributed by atoms with van der Waals surface area (Å²) in [7, 11) is 0. The first-order valence-corrected chi connectivity index (χ1v) is 12.8. The van der Waals surface area contributed by atoms with E-state index in [4.69, 9.17) is 5.73 Å². The SMILES string of the molecule is Nc1nc(C(=NO)C(=O)N[C@@H]2C(=O)N3C(C(=O)O)=C(C=C4CCN(c5ccccn5)C4=O)CS[C@H]23)cs1. The van der Waals surface area contributed by atoms with Gasteiger partial charge in [-0.2, -0.15) is 0 Å². The van der Waals surface area contributed by atoms with E-state index in [1.54, 1.807) is 24.4 Å². The van der Waals surface area contributed by atoms with Crippen molar-refractivity contribution < 1.29 is 29.5 Å². The molecular weight excluding hydrogens is 522 g/mol. The number of thioether (sulfide) groups is 1. The Balaban J connectivity index is 1.35. The Morgan fingerprint density at radius 1 is 1.30 bits per heavy atom. The third-order valence-corrected chi connectivity index (χ3v) is 7.94. The van der Waals surface area contributed by atoms with Gasteiger partial charge in [-0.15, -0.1) is 23.1 Å². The van der Waals surface area contributed by atoms with E-state index >= 15 is 0 Å². The van der Waals surface area contributed by atoms with Crippen LogP contribution in [0, 0.1) is 0 Å². The molecule has 0 saturated carbocycles. The number of aliphatic carboxylic acids is 1. The Labute approximate surface area is 217 Å². The predicted molar refractivity (Wildman–Crippen MR) is 134 cm³/mol. The van der Waals surface area contributed by atoms with Crippen molar-refractivity contribution in [1.29, 1.82) is 0 Å². The van der Waals surface area contributed by atoms with Crippen LogP contribution in [0.5, 0.6) is 0 Å². The fourth-order valence-electron chi connectivity index (χ4n) is 4.26. The zero-order chi connectivity index (χ0) is 26.3. The van der Waals surface area contributed by atoms with Crippen LogP contribution in [0.15, 0.2) is 57.9 Å². The van der Waals surface area contributed by atoms with Gasteiger partial charge in [0, 0.05) is 29.4 Å². The number of carboxylic acid groups (broad SMARTS) is 1. The summed E-state index contributed by atoms with van der Waals surface area (Å²) in [5, 5.41) is 25.6. The van der Waals surface area contributed by atoms with Crippen molar-refractivity contribution in [3.63, 3.8) is 0 Å². The van der Waals surface area contributed by atoms with E-state index in [-0.39, 0.29) is 28.2 Å². The Morgan fingerprint density at radius 2 is 2.11 bits per heavy atom. The van der Waals surface area contributed by atoms with Gasteiger partial charge < -0.3 is 21.4 Å². The molecule has 0 radical (unpaired) electrons. The number of nitrogens with one attached hydrogen (secondary N) is 1. The van der Waals surface area contributed by atoms with Gasteiger partial charge in [0.1, 0.15) is 28.6 Å². The minimum Gasteiger partial charge on any atom is -0.477 e. The zero-order valence-corrected chi connectivity index (χ0v) is 20.5. The second-order valence-corrected chi connectivity index (χ2v) is 10.1. The molecule has 2 saturated heterocycles. The lowest BCUT2D eigenvalue weighted by atomic mass is 10.0. The maximum atomic E-state index is 12.9. The number of fused-ring (bicyclic) bond motifs is 1. The highest BCUT2D eigenvalue weighted by Crippen LogP contribution is 2.41. The lowest BCUT2D eigenvalue weighted by Gasteiger charge is -2.49. The molecule has 3 aliphatic rings. The molecule has 2 atom stereocenters. The van der Waals surface area contributed by atoms with Crippen molar-refractivity contribution >= 4 is 63.5 Å². The summed E-state index contributed by atoms with van der Waals surface area (Å²) in [6, 6.07) is 4.19. The molecule has 0 spiro atoms. The summed E-state index contributed by atoms with van der Waals surface area (Å²) in [6.07, 6.45) is 3.51. The maximum Gasteiger partial charge on any atom is 0.352 e. The molecule has 0 aromatic carbocycles. The summed E-state index contributed by atoms with van der Waals surface area (Å²) < 4.78 is 0. The molecule has 3 amide bonds. The van der Waals surface area contributed by atoms with Gasteiger partial charge in [0.2, 0.25) is 0 Å². The van der Waals surface area contributed by atoms with Crippen LogP contribution in [-0.4, -0.2) is 78.3 Å². The quantitative estimate of drug-likeness (QED) is 0.131. The number of nitrogen functional groups attached to an aromatic ring is 1. The number of carbonyl (C=O) groups excluding carboxylic acids is 3. The summed E-state index contributed by atoms with van der Waals surface area (Å²) in [5.41, 5.74) is 5.70. The number of pyridine rings is 1. The monoisotopic (exact) mass is 541 g/mol. The number of anilines is 2. The van der Waals surface area contributed by atoms with Gasteiger partial charge in [0.25, 0.3) is 17.7 Å². The standard InChI is InChI=1S/C22H19N7O6S2/c23-22-25-12(9-37-22)14(27-35)17(30)26-15-19(32)29-16(21(33)34)11(8-36-20(15)29)7-10-4-6-28(18(10)31)13-3-1-2-5-24-13/h1-3,5,7,9,15,20,35H,4,6,8H2,(H2,23,25)(H,26,30)(H,33,34)/t15-,20-/m1/s1. The summed E-state index contributed by atoms with van der Waals surface area (Å²) >= 11 is 2.30. The van der Waals surface area contributed by atoms with Gasteiger partial charge in [0.15, 0.2) is 10.8 Å². The minimum atomic E-state index is -1.32. The molecule has 0 bridgehead atoms. The first-order valence-electron chi connectivity index (χ1n) is 10.9. The fraction of sp³-hybridized carbons (Fsp3) is 0.227. The molecule has 5 rings (SSSR count). The molecule has 15 heteroatoms. The second kappa shape index (κ2) is 9.67. The van der Waals surface area contributed by atoms with Crippen molar-refractivity contribution in [2.24, 2.45) is 5.16 Å². The maximum absolute atomic E-state index is 12.9. The number of hydrogen-bond donors (Lipinski definition) is 4. The highest BCUT2D eigenvalue weighted by Gasteiger charge is 2.54. The van der Waals surface area contributed by atoms with Crippen molar-refractivity contribution in [2.45, 2.75) is 17.8 Å². The number of carbonyl (C=O) groups is 4. The van der Waals surface area contributed by atoms with Gasteiger partial charge in [-0.3, -0.25) is 24.2 Å². The van der Waals surface area contributed by atoms with E-state index in [1.165, 1.54) is 28.1 Å². The van der Waals surface area contributed by atoms with Crippen LogP contribution in [0.3, 0.4) is 0 Å². The molecule has 3 aliphatic heterocycles. The molecule has 2 aromatic rings. The van der Waals surface area contributed by atoms with Crippen LogP contribution in [-0.2, 0) is 19.2 Å². The van der Waals surface area contributed by atoms with Crippen LogP contribution in [0.25, 0.3) is 0 Å². The van der Waals surface area contributed by atoms with Crippen LogP contribution in [0.4, 0.5) is 10.9 Å². The van der Waals surface area contributed by atoms with Crippen molar-refractivity contribution in [1.82, 2.24) is 20.2 Å². The van der Waals surface area contributed by atoms with Gasteiger partial charge in [-0.05, 0) is 30.2 Å². The van der Waals surface area contributed by atoms with E-state index in [0.717, 1.165) is 16.2 Å². The van der Waals surface area contributed by atoms with E-state index < -0.39 is 34.9 Å². The van der Waals surface area contributed by atoms with Crippen LogP contribution in [0.2, 0.25) is 0 Å². The number of thiazole rings is 1. The number of carboxylic acids is 1. The lowest BCUT2D eigenvalue weighted by molar-refractivity contribution is -0.150. The van der Waals surface area contributed by atoms with Crippen molar-refractivity contribution in [3.05, 3.63) is 58.4 Å². The van der Waals surface area contributed by atoms with Gasteiger partial charge in [-0.1, -0.05) is 11.2 Å². The number of oxime groups is 1. The van der Waals surface area contributed by atoms with Gasteiger partial charge >= 0.3 is 5.97 Å². The molecule has 2 aromatic heterocycles. The van der Waals surface area contributed by atoms with E-state index in [1.807, 2.05) is 0 Å². The highest BCUT2D eigenvalue weighted by molar-refractivity contribution is 8.00. The highest BCUT2D eigenvalue weighted by atomic mass is 32.2. The Bertz CT molecular complexity index is 1400. The van der Waals surface area contributed by atoms with Crippen molar-refractivity contribution in [3.8, 4) is 0 Å². The Morgan fingerprint density at radius 3 is 2.76 bits per heavy atom. The average molecular weight is 542 g/mol. The molecule has 0 unspecified atom stereocenters. The van der Waals surface area contributed by atoms with E-state index in [0.29, 0.717) is 29.9 Å². The number of rotatable bonds is 6. The summed E-state index contributed by atoms with van der Waals surface area (Å²) in [6.45, 7) is 0.406. The van der Waals surface area contributed by atoms with E-state index in [9.17, 15) is 29.5 Å². The first-order chi connectivity index (χ1) is 17.8. The average Bonchev–Trinajstić information content (AvgIpc) is 3.48. The Kier molecular flexibility index (Phi) is 6.39. The second-order valence-electron chi connectivity index (χ2n) is 8.12. The van der Waals surface area contributed by atoms with Crippen molar-refractivity contribution in [2.75, 3.05) is 22.9 Å². The minimum absolute atomic E-state index is 0.0448. The normalized spacial score (nSPS) is 22.8. The molecular formula is C22H19N7O6S2. The molecule has 5 heterocycles. The predicted octanol–water partition coefficient (Wildman–Crippen LogP) is 0.401. The van der Waals surface area contributed by atoms with Crippen LogP contribution >= 0.6 is 23.1 Å². The number of nitrogens with zero attached hydrogens (tertiary/aromatic N) is 5. The summed E-state index contributed by atoms with van der Waals surface area (Å²) in [5.74, 6) is -2.39. The largest absolute Gasteiger partial charge is 0.477 e. The number of allylic oxidation sites excluding steroid dienone is 1. The third-order valence-electron chi connectivity index (χ3n) is 5.97. The molecule has 5 N–H and O–H groups in total. The molecule has 190 valence electrons. The number of nitrogens with two attached hydrogens (primary N) is 1. The molecule has 13 nitrogen and oxygen atoms in total. The van der Waals surface area contributed by atoms with E-state index in [2.05, 4.69) is 20.4 Å². The molecule has 0 aliphatic carbocycles. The number of aromatic nitrogens is 2. The van der Waals surface area contributed by atoms with Gasteiger partial charge in [0.05, 0.1) is 0 Å². The first kappa shape index (κ1) is 24.5. The number of hydrogen-bond acceptors (Lipinski definition) is 11. The topological polar surface area (TPSA) is 191 Å².